The van der Waals surface area contributed by atoms with E-state index in [-0.39, 0.29) is 0 Å². The second-order valence-electron chi connectivity index (χ2n) is 4.49. The first kappa shape index (κ1) is 15.0. The van der Waals surface area contributed by atoms with Gasteiger partial charge in [-0.1, -0.05) is 0 Å². The molecule has 1 heterocycles. The summed E-state index contributed by atoms with van der Waals surface area (Å²) in [7, 11) is 1.54. The zero-order valence-electron chi connectivity index (χ0n) is 10.9. The minimum absolute atomic E-state index is 0.398. The summed E-state index contributed by atoms with van der Waals surface area (Å²) in [6.45, 7) is -0.493. The first-order valence-corrected chi connectivity index (χ1v) is 6.18. The Kier molecular flexibility index (Phi) is 4.79. The van der Waals surface area contributed by atoms with Gasteiger partial charge in [-0.2, -0.15) is 0 Å². The first-order chi connectivity index (χ1) is 9.56. The fourth-order valence-electron chi connectivity index (χ4n) is 1.95. The normalized spacial score (nSPS) is 33.8. The summed E-state index contributed by atoms with van der Waals surface area (Å²) in [5.74, 6) is 1.04. The lowest BCUT2D eigenvalue weighted by molar-refractivity contribution is -0.277. The molecule has 1 aliphatic heterocycles. The number of ether oxygens (including phenoxy) is 3. The smallest absolute Gasteiger partial charge is 0.229 e. The van der Waals surface area contributed by atoms with Gasteiger partial charge in [-0.05, 0) is 24.3 Å². The predicted octanol–water partition coefficient (Wildman–Crippen LogP) is -1.13. The van der Waals surface area contributed by atoms with Crippen molar-refractivity contribution in [2.24, 2.45) is 0 Å². The molecule has 112 valence electrons. The van der Waals surface area contributed by atoms with Gasteiger partial charge in [0.2, 0.25) is 6.29 Å². The lowest BCUT2D eigenvalue weighted by atomic mass is 9.99. The largest absolute Gasteiger partial charge is 0.497 e. The van der Waals surface area contributed by atoms with Crippen LogP contribution in [0.15, 0.2) is 24.3 Å². The minimum atomic E-state index is -1.45. The van der Waals surface area contributed by atoms with Crippen molar-refractivity contribution in [3.05, 3.63) is 24.3 Å². The molecule has 0 amide bonds. The summed E-state index contributed by atoms with van der Waals surface area (Å²) in [6, 6.07) is 6.55. The summed E-state index contributed by atoms with van der Waals surface area (Å²) < 4.78 is 15.6. The van der Waals surface area contributed by atoms with E-state index < -0.39 is 37.3 Å². The fourth-order valence-corrected chi connectivity index (χ4v) is 1.95. The molecular weight excluding hydrogens is 268 g/mol. The number of hydrogen-bond donors (Lipinski definition) is 4. The highest BCUT2D eigenvalue weighted by Gasteiger charge is 2.44. The van der Waals surface area contributed by atoms with Crippen LogP contribution < -0.4 is 9.47 Å². The van der Waals surface area contributed by atoms with Gasteiger partial charge in [0, 0.05) is 0 Å². The molecule has 1 saturated heterocycles. The molecule has 0 saturated carbocycles. The summed E-state index contributed by atoms with van der Waals surface area (Å²) in [4.78, 5) is 0. The van der Waals surface area contributed by atoms with Crippen molar-refractivity contribution < 1.29 is 34.6 Å². The SMILES string of the molecule is COc1ccc(O[C@H]2O[C@@H](CO)[C@@H](O)[C@@H](O)[C@@H]2O)cc1. The van der Waals surface area contributed by atoms with Crippen molar-refractivity contribution in [3.63, 3.8) is 0 Å². The second kappa shape index (κ2) is 6.38. The standard InChI is InChI=1S/C13H18O7/c1-18-7-2-4-8(5-3-7)19-13-12(17)11(16)10(15)9(6-14)20-13/h2-5,9-17H,6H2,1H3/t9-,10+,11+,12-,13-/m0/s1. The third-order valence-corrected chi connectivity index (χ3v) is 3.16. The molecule has 4 N–H and O–H groups in total. The van der Waals surface area contributed by atoms with Gasteiger partial charge in [0.1, 0.15) is 35.9 Å². The van der Waals surface area contributed by atoms with Gasteiger partial charge >= 0.3 is 0 Å². The van der Waals surface area contributed by atoms with E-state index in [0.717, 1.165) is 0 Å². The quantitative estimate of drug-likeness (QED) is 0.555. The van der Waals surface area contributed by atoms with Crippen LogP contribution in [0, 0.1) is 0 Å². The van der Waals surface area contributed by atoms with E-state index in [2.05, 4.69) is 0 Å². The Labute approximate surface area is 115 Å². The highest BCUT2D eigenvalue weighted by molar-refractivity contribution is 5.31. The van der Waals surface area contributed by atoms with Gasteiger partial charge in [0.05, 0.1) is 13.7 Å². The molecule has 0 radical (unpaired) electrons. The van der Waals surface area contributed by atoms with Crippen LogP contribution in [0.25, 0.3) is 0 Å². The van der Waals surface area contributed by atoms with Crippen molar-refractivity contribution in [1.82, 2.24) is 0 Å². The van der Waals surface area contributed by atoms with Crippen LogP contribution in [-0.2, 0) is 4.74 Å². The highest BCUT2D eigenvalue weighted by Crippen LogP contribution is 2.25. The van der Waals surface area contributed by atoms with Crippen LogP contribution in [0.1, 0.15) is 0 Å². The Morgan fingerprint density at radius 2 is 1.60 bits per heavy atom. The van der Waals surface area contributed by atoms with E-state index in [1.165, 1.54) is 7.11 Å². The molecule has 1 fully saturated rings. The molecule has 7 nitrogen and oxygen atoms in total. The van der Waals surface area contributed by atoms with E-state index in [4.69, 9.17) is 19.3 Å². The lowest BCUT2D eigenvalue weighted by Gasteiger charge is -2.39. The van der Waals surface area contributed by atoms with Gasteiger partial charge < -0.3 is 34.6 Å². The van der Waals surface area contributed by atoms with E-state index in [0.29, 0.717) is 11.5 Å². The third-order valence-electron chi connectivity index (χ3n) is 3.16. The van der Waals surface area contributed by atoms with E-state index >= 15 is 0 Å². The van der Waals surface area contributed by atoms with E-state index in [1.54, 1.807) is 24.3 Å². The van der Waals surface area contributed by atoms with Crippen molar-refractivity contribution in [3.8, 4) is 11.5 Å². The first-order valence-electron chi connectivity index (χ1n) is 6.18. The molecule has 0 spiro atoms. The van der Waals surface area contributed by atoms with Crippen LogP contribution in [0.3, 0.4) is 0 Å². The second-order valence-corrected chi connectivity index (χ2v) is 4.49. The zero-order valence-corrected chi connectivity index (χ0v) is 10.9. The highest BCUT2D eigenvalue weighted by atomic mass is 16.7. The molecule has 7 heteroatoms. The van der Waals surface area contributed by atoms with Crippen LogP contribution >= 0.6 is 0 Å². The maximum absolute atomic E-state index is 9.82. The molecule has 0 aliphatic carbocycles. The monoisotopic (exact) mass is 286 g/mol. The lowest BCUT2D eigenvalue weighted by Crippen LogP contribution is -2.60. The zero-order chi connectivity index (χ0) is 14.7. The number of methoxy groups -OCH3 is 1. The van der Waals surface area contributed by atoms with Crippen LogP contribution in [0.2, 0.25) is 0 Å². The van der Waals surface area contributed by atoms with Crippen molar-refractivity contribution in [1.29, 1.82) is 0 Å². The molecule has 5 atom stereocenters. The molecule has 1 aromatic rings. The summed E-state index contributed by atoms with van der Waals surface area (Å²) in [5, 5.41) is 38.2. The van der Waals surface area contributed by atoms with E-state index in [1.807, 2.05) is 0 Å². The summed E-state index contributed by atoms with van der Waals surface area (Å²) in [6.07, 6.45) is -6.44. The summed E-state index contributed by atoms with van der Waals surface area (Å²) >= 11 is 0. The minimum Gasteiger partial charge on any atom is -0.497 e. The average Bonchev–Trinajstić information content (AvgIpc) is 2.48. The third kappa shape index (κ3) is 3.02. The number of aliphatic hydroxyl groups is 4. The molecule has 0 bridgehead atoms. The van der Waals surface area contributed by atoms with Crippen LogP contribution in [0.5, 0.6) is 11.5 Å². The van der Waals surface area contributed by atoms with Gasteiger partial charge in [-0.3, -0.25) is 0 Å². The van der Waals surface area contributed by atoms with Crippen molar-refractivity contribution >= 4 is 0 Å². The average molecular weight is 286 g/mol. The molecule has 0 unspecified atom stereocenters. The Bertz CT molecular complexity index is 419. The number of rotatable bonds is 4. The molecule has 20 heavy (non-hydrogen) atoms. The predicted molar refractivity (Wildman–Crippen MR) is 67.4 cm³/mol. The van der Waals surface area contributed by atoms with Gasteiger partial charge in [-0.15, -0.1) is 0 Å². The molecule has 0 aromatic heterocycles. The van der Waals surface area contributed by atoms with Crippen LogP contribution in [-0.4, -0.2) is 64.8 Å². The van der Waals surface area contributed by atoms with Crippen molar-refractivity contribution in [2.45, 2.75) is 30.7 Å². The van der Waals surface area contributed by atoms with Crippen molar-refractivity contribution in [2.75, 3.05) is 13.7 Å². The Morgan fingerprint density at radius 1 is 1.00 bits per heavy atom. The number of hydrogen-bond acceptors (Lipinski definition) is 7. The topological polar surface area (TPSA) is 109 Å². The van der Waals surface area contributed by atoms with Gasteiger partial charge in [-0.25, -0.2) is 0 Å². The molecule has 2 rings (SSSR count). The number of aliphatic hydroxyl groups excluding tert-OH is 4. The van der Waals surface area contributed by atoms with Gasteiger partial charge in [0.15, 0.2) is 0 Å². The Balaban J connectivity index is 2.06. The van der Waals surface area contributed by atoms with E-state index in [9.17, 15) is 15.3 Å². The molecular formula is C13H18O7. The summed E-state index contributed by atoms with van der Waals surface area (Å²) in [5.41, 5.74) is 0. The maximum atomic E-state index is 9.82. The Morgan fingerprint density at radius 3 is 2.15 bits per heavy atom. The van der Waals surface area contributed by atoms with Gasteiger partial charge in [0.25, 0.3) is 0 Å². The molecule has 1 aromatic carbocycles. The number of benzene rings is 1. The Hall–Kier alpha value is -1.38. The molecule has 1 aliphatic rings. The maximum Gasteiger partial charge on any atom is 0.229 e. The fraction of sp³-hybridized carbons (Fsp3) is 0.538. The van der Waals surface area contributed by atoms with Crippen LogP contribution in [0.4, 0.5) is 0 Å².